The molecule has 1 unspecified atom stereocenters. The third-order valence-corrected chi connectivity index (χ3v) is 2.12. The van der Waals surface area contributed by atoms with E-state index in [9.17, 15) is 0 Å². The fraction of sp³-hybridized carbons (Fsp3) is 0.455. The Hall–Kier alpha value is -1.10. The van der Waals surface area contributed by atoms with E-state index in [4.69, 9.17) is 14.9 Å². The number of rotatable bonds is 6. The van der Waals surface area contributed by atoms with Crippen LogP contribution in [0, 0.1) is 0 Å². The summed E-state index contributed by atoms with van der Waals surface area (Å²) in [6, 6.07) is 6.90. The van der Waals surface area contributed by atoms with Crippen molar-refractivity contribution in [2.45, 2.75) is 12.6 Å². The van der Waals surface area contributed by atoms with Crippen molar-refractivity contribution < 1.29 is 14.9 Å². The largest absolute Gasteiger partial charge is 0.508 e. The minimum atomic E-state index is -0.0520. The summed E-state index contributed by atoms with van der Waals surface area (Å²) in [4.78, 5) is 0. The number of phenols is 1. The van der Waals surface area contributed by atoms with Gasteiger partial charge in [-0.1, -0.05) is 12.1 Å². The lowest BCUT2D eigenvalue weighted by atomic mass is 10.2. The van der Waals surface area contributed by atoms with E-state index in [1.807, 2.05) is 12.1 Å². The summed E-state index contributed by atoms with van der Waals surface area (Å²) in [5.74, 6) is 0.259. The zero-order valence-corrected chi connectivity index (χ0v) is 8.81. The number of methoxy groups -OCH3 is 1. The van der Waals surface area contributed by atoms with Gasteiger partial charge in [-0.2, -0.15) is 0 Å². The van der Waals surface area contributed by atoms with E-state index in [-0.39, 0.29) is 18.4 Å². The number of hydrogen-bond acceptors (Lipinski definition) is 4. The standard InChI is InChI=1S/C11H17NO3/c1-15-8-10(7-13)12-6-9-2-4-11(14)5-3-9/h2-5,10,12-14H,6-8H2,1H3. The molecule has 15 heavy (non-hydrogen) atoms. The van der Waals surface area contributed by atoms with Crippen LogP contribution in [0.4, 0.5) is 0 Å². The van der Waals surface area contributed by atoms with Crippen LogP contribution in [0.15, 0.2) is 24.3 Å². The molecular formula is C11H17NO3. The van der Waals surface area contributed by atoms with Gasteiger partial charge in [0.15, 0.2) is 0 Å². The summed E-state index contributed by atoms with van der Waals surface area (Å²) in [6.45, 7) is 1.18. The Labute approximate surface area is 89.5 Å². The molecule has 0 aliphatic carbocycles. The molecule has 4 heteroatoms. The van der Waals surface area contributed by atoms with E-state index in [0.717, 1.165) is 5.56 Å². The van der Waals surface area contributed by atoms with Crippen molar-refractivity contribution in [3.05, 3.63) is 29.8 Å². The van der Waals surface area contributed by atoms with Crippen molar-refractivity contribution in [1.29, 1.82) is 0 Å². The number of phenolic OH excluding ortho intramolecular Hbond substituents is 1. The predicted molar refractivity (Wildman–Crippen MR) is 57.7 cm³/mol. The minimum absolute atomic E-state index is 0.0475. The second-order valence-electron chi connectivity index (χ2n) is 3.38. The quantitative estimate of drug-likeness (QED) is 0.641. The SMILES string of the molecule is COCC(CO)NCc1ccc(O)cc1. The lowest BCUT2D eigenvalue weighted by Crippen LogP contribution is -2.35. The highest BCUT2D eigenvalue weighted by Gasteiger charge is 2.05. The molecular weight excluding hydrogens is 194 g/mol. The van der Waals surface area contributed by atoms with Gasteiger partial charge in [0.05, 0.1) is 19.3 Å². The van der Waals surface area contributed by atoms with Crippen molar-refractivity contribution in [1.82, 2.24) is 5.32 Å². The van der Waals surface area contributed by atoms with Crippen molar-refractivity contribution >= 4 is 0 Å². The average Bonchev–Trinajstić information content (AvgIpc) is 2.26. The van der Waals surface area contributed by atoms with Gasteiger partial charge in [0.2, 0.25) is 0 Å². The van der Waals surface area contributed by atoms with E-state index in [1.165, 1.54) is 0 Å². The van der Waals surface area contributed by atoms with Crippen molar-refractivity contribution in [3.63, 3.8) is 0 Å². The van der Waals surface area contributed by atoms with Gasteiger partial charge in [-0.3, -0.25) is 0 Å². The average molecular weight is 211 g/mol. The first-order chi connectivity index (χ1) is 7.26. The van der Waals surface area contributed by atoms with Crippen LogP contribution in [0.2, 0.25) is 0 Å². The van der Waals surface area contributed by atoms with E-state index >= 15 is 0 Å². The molecule has 0 radical (unpaired) electrons. The lowest BCUT2D eigenvalue weighted by Gasteiger charge is -2.14. The number of aliphatic hydroxyl groups excluding tert-OH is 1. The van der Waals surface area contributed by atoms with E-state index in [1.54, 1.807) is 19.2 Å². The van der Waals surface area contributed by atoms with Gasteiger partial charge in [0.1, 0.15) is 5.75 Å². The maximum Gasteiger partial charge on any atom is 0.115 e. The van der Waals surface area contributed by atoms with Crippen LogP contribution in [0.3, 0.4) is 0 Å². The Kier molecular flexibility index (Phi) is 5.10. The van der Waals surface area contributed by atoms with Crippen LogP contribution >= 0.6 is 0 Å². The molecule has 0 amide bonds. The summed E-state index contributed by atoms with van der Waals surface area (Å²) in [6.07, 6.45) is 0. The Morgan fingerprint density at radius 1 is 1.33 bits per heavy atom. The molecule has 1 aromatic rings. The fourth-order valence-electron chi connectivity index (χ4n) is 1.25. The monoisotopic (exact) mass is 211 g/mol. The Morgan fingerprint density at radius 3 is 2.53 bits per heavy atom. The molecule has 3 N–H and O–H groups in total. The van der Waals surface area contributed by atoms with Gasteiger partial charge in [0.25, 0.3) is 0 Å². The zero-order valence-electron chi connectivity index (χ0n) is 8.81. The maximum atomic E-state index is 9.08. The van der Waals surface area contributed by atoms with Crippen LogP contribution in [0.1, 0.15) is 5.56 Å². The smallest absolute Gasteiger partial charge is 0.115 e. The predicted octanol–water partition coefficient (Wildman–Crippen LogP) is 0.489. The van der Waals surface area contributed by atoms with Crippen LogP contribution in [0.5, 0.6) is 5.75 Å². The normalized spacial score (nSPS) is 12.7. The summed E-state index contributed by atoms with van der Waals surface area (Å²) < 4.78 is 4.94. The number of ether oxygens (including phenoxy) is 1. The van der Waals surface area contributed by atoms with Gasteiger partial charge in [0, 0.05) is 13.7 Å². The van der Waals surface area contributed by atoms with Crippen molar-refractivity contribution in [2.75, 3.05) is 20.3 Å². The maximum absolute atomic E-state index is 9.08. The molecule has 0 saturated carbocycles. The number of nitrogens with one attached hydrogen (secondary N) is 1. The molecule has 1 rings (SSSR count). The minimum Gasteiger partial charge on any atom is -0.508 e. The highest BCUT2D eigenvalue weighted by molar-refractivity contribution is 5.25. The number of aromatic hydroxyl groups is 1. The first-order valence-electron chi connectivity index (χ1n) is 4.87. The molecule has 0 fully saturated rings. The molecule has 0 aromatic heterocycles. The third kappa shape index (κ3) is 4.29. The van der Waals surface area contributed by atoms with E-state index in [2.05, 4.69) is 5.32 Å². The number of hydrogen-bond donors (Lipinski definition) is 3. The second-order valence-corrected chi connectivity index (χ2v) is 3.38. The first-order valence-corrected chi connectivity index (χ1v) is 4.87. The zero-order chi connectivity index (χ0) is 11.1. The lowest BCUT2D eigenvalue weighted by molar-refractivity contribution is 0.128. The molecule has 0 aliphatic rings. The molecule has 4 nitrogen and oxygen atoms in total. The summed E-state index contributed by atoms with van der Waals surface area (Å²) in [7, 11) is 1.60. The van der Waals surface area contributed by atoms with Gasteiger partial charge >= 0.3 is 0 Å². The van der Waals surface area contributed by atoms with Gasteiger partial charge < -0.3 is 20.3 Å². The molecule has 1 atom stereocenters. The fourth-order valence-corrected chi connectivity index (χ4v) is 1.25. The first kappa shape index (κ1) is 12.0. The number of benzene rings is 1. The van der Waals surface area contributed by atoms with Gasteiger partial charge in [-0.15, -0.1) is 0 Å². The van der Waals surface area contributed by atoms with E-state index in [0.29, 0.717) is 13.2 Å². The Morgan fingerprint density at radius 2 is 2.00 bits per heavy atom. The van der Waals surface area contributed by atoms with Crippen LogP contribution in [0.25, 0.3) is 0 Å². The molecule has 0 spiro atoms. The van der Waals surface area contributed by atoms with Crippen molar-refractivity contribution in [3.8, 4) is 5.75 Å². The summed E-state index contributed by atoms with van der Waals surface area (Å²) in [5, 5.41) is 21.2. The molecule has 0 aliphatic heterocycles. The second kappa shape index (κ2) is 6.40. The Balaban J connectivity index is 2.38. The van der Waals surface area contributed by atoms with E-state index < -0.39 is 0 Å². The third-order valence-electron chi connectivity index (χ3n) is 2.12. The molecule has 84 valence electrons. The molecule has 0 heterocycles. The number of aliphatic hydroxyl groups is 1. The highest BCUT2D eigenvalue weighted by atomic mass is 16.5. The Bertz CT molecular complexity index is 274. The van der Waals surface area contributed by atoms with Gasteiger partial charge in [-0.25, -0.2) is 0 Å². The highest BCUT2D eigenvalue weighted by Crippen LogP contribution is 2.09. The summed E-state index contributed by atoms with van der Waals surface area (Å²) in [5.41, 5.74) is 1.06. The van der Waals surface area contributed by atoms with Crippen LogP contribution < -0.4 is 5.32 Å². The van der Waals surface area contributed by atoms with Crippen LogP contribution in [-0.4, -0.2) is 36.6 Å². The molecule has 0 bridgehead atoms. The van der Waals surface area contributed by atoms with Crippen molar-refractivity contribution in [2.24, 2.45) is 0 Å². The van der Waals surface area contributed by atoms with Gasteiger partial charge in [-0.05, 0) is 17.7 Å². The molecule has 0 saturated heterocycles. The summed E-state index contributed by atoms with van der Waals surface area (Å²) >= 11 is 0. The topological polar surface area (TPSA) is 61.7 Å². The molecule has 1 aromatic carbocycles. The van der Waals surface area contributed by atoms with Crippen LogP contribution in [-0.2, 0) is 11.3 Å².